The number of non-ortho nitro benzene ring substituents is 1. The number of carbonyl (C=O) groups is 1. The summed E-state index contributed by atoms with van der Waals surface area (Å²) >= 11 is 0. The Morgan fingerprint density at radius 3 is 2.64 bits per heavy atom. The normalized spacial score (nSPS) is 10.3. The molecule has 0 N–H and O–H groups in total. The van der Waals surface area contributed by atoms with Crippen molar-refractivity contribution in [3.63, 3.8) is 0 Å². The van der Waals surface area contributed by atoms with Gasteiger partial charge in [0.05, 0.1) is 11.1 Å². The minimum Gasteiger partial charge on any atom is -0.484 e. The fourth-order valence-electron chi connectivity index (χ4n) is 1.83. The highest BCUT2D eigenvalue weighted by Gasteiger charge is 2.12. The van der Waals surface area contributed by atoms with Crippen LogP contribution in [0.5, 0.6) is 5.75 Å². The Morgan fingerprint density at radius 2 is 2.09 bits per heavy atom. The van der Waals surface area contributed by atoms with E-state index >= 15 is 0 Å². The molecule has 0 fully saturated rings. The molecule has 2 rings (SSSR count). The number of ether oxygens (including phenoxy) is 1. The lowest BCUT2D eigenvalue weighted by Crippen LogP contribution is -2.30. The van der Waals surface area contributed by atoms with Gasteiger partial charge in [-0.2, -0.15) is 5.10 Å². The number of hydrogen-bond donors (Lipinski definition) is 0. The van der Waals surface area contributed by atoms with Crippen LogP contribution < -0.4 is 4.74 Å². The monoisotopic (exact) mass is 304 g/mol. The number of likely N-dealkylation sites (N-methyl/N-ethyl adjacent to an activating group) is 1. The van der Waals surface area contributed by atoms with Crippen molar-refractivity contribution >= 4 is 11.6 Å². The fourth-order valence-corrected chi connectivity index (χ4v) is 1.83. The molecule has 1 heterocycles. The number of benzene rings is 1. The molecule has 1 amide bonds. The molecule has 2 aromatic rings. The molecule has 8 heteroatoms. The van der Waals surface area contributed by atoms with Crippen molar-refractivity contribution in [2.75, 3.05) is 13.7 Å². The molecule has 0 atom stereocenters. The Morgan fingerprint density at radius 1 is 1.41 bits per heavy atom. The van der Waals surface area contributed by atoms with Crippen LogP contribution in [-0.4, -0.2) is 39.2 Å². The average molecular weight is 304 g/mol. The molecule has 0 aliphatic heterocycles. The number of nitro groups is 1. The second kappa shape index (κ2) is 6.70. The van der Waals surface area contributed by atoms with Crippen LogP contribution in [0.25, 0.3) is 0 Å². The maximum atomic E-state index is 12.0. The van der Waals surface area contributed by atoms with E-state index in [1.165, 1.54) is 29.2 Å². The second-order valence-corrected chi connectivity index (χ2v) is 4.81. The van der Waals surface area contributed by atoms with E-state index in [1.54, 1.807) is 17.9 Å². The number of nitro benzene ring substituents is 1. The third-order valence-electron chi connectivity index (χ3n) is 3.01. The van der Waals surface area contributed by atoms with Gasteiger partial charge in [0.1, 0.15) is 5.75 Å². The second-order valence-electron chi connectivity index (χ2n) is 4.81. The van der Waals surface area contributed by atoms with E-state index < -0.39 is 4.92 Å². The average Bonchev–Trinajstić information content (AvgIpc) is 2.90. The van der Waals surface area contributed by atoms with E-state index in [0.717, 1.165) is 5.56 Å². The summed E-state index contributed by atoms with van der Waals surface area (Å²) in [6.45, 7) is 0.310. The third-order valence-corrected chi connectivity index (χ3v) is 3.01. The van der Waals surface area contributed by atoms with Crippen LogP contribution in [0.2, 0.25) is 0 Å². The number of rotatable bonds is 6. The highest BCUT2D eigenvalue weighted by molar-refractivity contribution is 5.77. The SMILES string of the molecule is CN(Cc1cnn(C)c1)C(=O)COc1ccc([N+](=O)[O-])cc1. The first-order chi connectivity index (χ1) is 10.5. The molecular formula is C14H16N4O4. The van der Waals surface area contributed by atoms with Gasteiger partial charge in [-0.3, -0.25) is 19.6 Å². The van der Waals surface area contributed by atoms with Crippen LogP contribution in [0, 0.1) is 10.1 Å². The maximum absolute atomic E-state index is 12.0. The van der Waals surface area contributed by atoms with Gasteiger partial charge in [-0.1, -0.05) is 0 Å². The van der Waals surface area contributed by atoms with Crippen molar-refractivity contribution in [3.8, 4) is 5.75 Å². The Balaban J connectivity index is 1.85. The molecule has 116 valence electrons. The van der Waals surface area contributed by atoms with Crippen molar-refractivity contribution in [1.29, 1.82) is 0 Å². The van der Waals surface area contributed by atoms with Gasteiger partial charge in [0.2, 0.25) is 0 Å². The quantitative estimate of drug-likeness (QED) is 0.594. The third kappa shape index (κ3) is 4.05. The summed E-state index contributed by atoms with van der Waals surface area (Å²) in [5.74, 6) is 0.218. The van der Waals surface area contributed by atoms with Crippen molar-refractivity contribution in [2.45, 2.75) is 6.54 Å². The number of nitrogens with zero attached hydrogens (tertiary/aromatic N) is 4. The number of aromatic nitrogens is 2. The van der Waals surface area contributed by atoms with Gasteiger partial charge in [-0.15, -0.1) is 0 Å². The van der Waals surface area contributed by atoms with E-state index in [2.05, 4.69) is 5.10 Å². The van der Waals surface area contributed by atoms with Gasteiger partial charge >= 0.3 is 0 Å². The Hall–Kier alpha value is -2.90. The molecule has 0 aliphatic rings. The van der Waals surface area contributed by atoms with Gasteiger partial charge in [-0.05, 0) is 12.1 Å². The number of amides is 1. The summed E-state index contributed by atoms with van der Waals surface area (Å²) in [6, 6.07) is 5.59. The molecule has 0 bridgehead atoms. The Kier molecular flexibility index (Phi) is 4.72. The molecule has 0 unspecified atom stereocenters. The molecule has 0 saturated heterocycles. The van der Waals surface area contributed by atoms with Crippen molar-refractivity contribution in [3.05, 3.63) is 52.3 Å². The lowest BCUT2D eigenvalue weighted by atomic mass is 10.3. The lowest BCUT2D eigenvalue weighted by molar-refractivity contribution is -0.384. The predicted octanol–water partition coefficient (Wildman–Crippen LogP) is 1.37. The van der Waals surface area contributed by atoms with E-state index in [9.17, 15) is 14.9 Å². The maximum Gasteiger partial charge on any atom is 0.269 e. The van der Waals surface area contributed by atoms with Crippen LogP contribution in [0.3, 0.4) is 0 Å². The summed E-state index contributed by atoms with van der Waals surface area (Å²) < 4.78 is 7.00. The van der Waals surface area contributed by atoms with Gasteiger partial charge in [-0.25, -0.2) is 0 Å². The summed E-state index contributed by atoms with van der Waals surface area (Å²) in [5, 5.41) is 14.6. The topological polar surface area (TPSA) is 90.5 Å². The molecule has 1 aromatic heterocycles. The standard InChI is InChI=1S/C14H16N4O4/c1-16(8-11-7-15-17(2)9-11)14(19)10-22-13-5-3-12(4-6-13)18(20)21/h3-7,9H,8,10H2,1-2H3. The molecule has 0 saturated carbocycles. The molecule has 0 spiro atoms. The summed E-state index contributed by atoms with van der Waals surface area (Å²) in [7, 11) is 3.48. The van der Waals surface area contributed by atoms with Crippen LogP contribution in [0.4, 0.5) is 5.69 Å². The first-order valence-electron chi connectivity index (χ1n) is 6.54. The number of hydrogen-bond acceptors (Lipinski definition) is 5. The van der Waals surface area contributed by atoms with Gasteiger partial charge in [0.15, 0.2) is 6.61 Å². The lowest BCUT2D eigenvalue weighted by Gasteiger charge is -2.16. The minimum atomic E-state index is -0.489. The Bertz CT molecular complexity index is 666. The molecule has 8 nitrogen and oxygen atoms in total. The van der Waals surface area contributed by atoms with Gasteiger partial charge in [0.25, 0.3) is 11.6 Å². The zero-order chi connectivity index (χ0) is 16.1. The van der Waals surface area contributed by atoms with E-state index in [4.69, 9.17) is 4.74 Å². The smallest absolute Gasteiger partial charge is 0.269 e. The zero-order valence-electron chi connectivity index (χ0n) is 12.3. The largest absolute Gasteiger partial charge is 0.484 e. The predicted molar refractivity (Wildman–Crippen MR) is 78.3 cm³/mol. The summed E-state index contributed by atoms with van der Waals surface area (Å²) in [6.07, 6.45) is 3.53. The first-order valence-corrected chi connectivity index (χ1v) is 6.54. The summed E-state index contributed by atoms with van der Waals surface area (Å²) in [4.78, 5) is 23.5. The van der Waals surface area contributed by atoms with Crippen molar-refractivity contribution in [2.24, 2.45) is 7.05 Å². The Labute approximate surface area is 127 Å². The van der Waals surface area contributed by atoms with Crippen LogP contribution in [0.1, 0.15) is 5.56 Å². The molecule has 1 aromatic carbocycles. The number of carbonyl (C=O) groups excluding carboxylic acids is 1. The molecular weight excluding hydrogens is 288 g/mol. The molecule has 22 heavy (non-hydrogen) atoms. The summed E-state index contributed by atoms with van der Waals surface area (Å²) in [5.41, 5.74) is 0.904. The van der Waals surface area contributed by atoms with E-state index in [-0.39, 0.29) is 18.2 Å². The van der Waals surface area contributed by atoms with Crippen LogP contribution >= 0.6 is 0 Å². The highest BCUT2D eigenvalue weighted by Crippen LogP contribution is 2.17. The van der Waals surface area contributed by atoms with E-state index in [0.29, 0.717) is 12.3 Å². The van der Waals surface area contributed by atoms with Crippen LogP contribution in [-0.2, 0) is 18.4 Å². The van der Waals surface area contributed by atoms with E-state index in [1.807, 2.05) is 13.2 Å². The van der Waals surface area contributed by atoms with Crippen molar-refractivity contribution < 1.29 is 14.5 Å². The van der Waals surface area contributed by atoms with Gasteiger partial charge < -0.3 is 9.64 Å². The number of aryl methyl sites for hydroxylation is 1. The highest BCUT2D eigenvalue weighted by atomic mass is 16.6. The molecule has 0 aliphatic carbocycles. The van der Waals surface area contributed by atoms with Crippen molar-refractivity contribution in [1.82, 2.24) is 14.7 Å². The van der Waals surface area contributed by atoms with Crippen LogP contribution in [0.15, 0.2) is 36.7 Å². The minimum absolute atomic E-state index is 0.0210. The fraction of sp³-hybridized carbons (Fsp3) is 0.286. The molecule has 0 radical (unpaired) electrons. The first kappa shape index (κ1) is 15.5. The zero-order valence-corrected chi connectivity index (χ0v) is 12.3. The van der Waals surface area contributed by atoms with Gasteiger partial charge in [0, 0.05) is 44.5 Å².